The quantitative estimate of drug-likeness (QED) is 0.133. The highest BCUT2D eigenvalue weighted by atomic mass is 14.2. The first kappa shape index (κ1) is 43.2. The number of hydrogen-bond donors (Lipinski definition) is 0. The molecule has 0 nitrogen and oxygen atoms in total. The molecule has 0 saturated heterocycles. The SMILES string of the molecule is c1ccc(-c2cccc(-c3c4ccccc4c(-c4ccc(-c5ccc(-c6ccc(-c7c8ccccc8c(-c8cccc(-c9ccccc9)c8)c8ccccc78)cc6)c6ccccc56)cc4)c4ccccc34)c2)cc1. The largest absolute Gasteiger partial charge is 0.0622 e. The molecule has 0 saturated carbocycles. The first-order valence-electron chi connectivity index (χ1n) is 25.7. The van der Waals surface area contributed by atoms with Crippen molar-refractivity contribution in [3.8, 4) is 89.0 Å². The lowest BCUT2D eigenvalue weighted by atomic mass is 9.84. The van der Waals surface area contributed by atoms with Crippen LogP contribution in [0, 0.1) is 0 Å². The lowest BCUT2D eigenvalue weighted by Crippen LogP contribution is -1.92. The minimum atomic E-state index is 1.20. The van der Waals surface area contributed by atoms with Gasteiger partial charge in [-0.2, -0.15) is 0 Å². The fourth-order valence-electron chi connectivity index (χ4n) is 11.9. The molecule has 0 aromatic heterocycles. The van der Waals surface area contributed by atoms with Crippen molar-refractivity contribution in [1.82, 2.24) is 0 Å². The van der Waals surface area contributed by atoms with Gasteiger partial charge < -0.3 is 0 Å². The molecule has 0 fully saturated rings. The third kappa shape index (κ3) is 7.39. The fraction of sp³-hybridized carbons (Fsp3) is 0. The van der Waals surface area contributed by atoms with Crippen LogP contribution in [-0.4, -0.2) is 0 Å². The second-order valence-corrected chi connectivity index (χ2v) is 19.4. The van der Waals surface area contributed by atoms with Gasteiger partial charge in [-0.25, -0.2) is 0 Å². The van der Waals surface area contributed by atoms with Crippen LogP contribution in [0.2, 0.25) is 0 Å². The molecule has 0 heteroatoms. The van der Waals surface area contributed by atoms with Gasteiger partial charge in [-0.05, 0) is 155 Å². The molecule has 0 bridgehead atoms. The van der Waals surface area contributed by atoms with Gasteiger partial charge in [0.1, 0.15) is 0 Å². The Balaban J connectivity index is 0.826. The predicted molar refractivity (Wildman–Crippen MR) is 317 cm³/mol. The molecule has 0 N–H and O–H groups in total. The van der Waals surface area contributed by atoms with Crippen molar-refractivity contribution < 1.29 is 0 Å². The van der Waals surface area contributed by atoms with E-state index >= 15 is 0 Å². The Kier molecular flexibility index (Phi) is 10.6. The summed E-state index contributed by atoms with van der Waals surface area (Å²) in [6, 6.07) is 107. The van der Waals surface area contributed by atoms with Crippen LogP contribution in [0.3, 0.4) is 0 Å². The number of hydrogen-bond acceptors (Lipinski definition) is 0. The molecule has 0 atom stereocenters. The van der Waals surface area contributed by atoms with Crippen molar-refractivity contribution in [3.05, 3.63) is 291 Å². The van der Waals surface area contributed by atoms with E-state index in [1.165, 1.54) is 143 Å². The van der Waals surface area contributed by atoms with E-state index in [1.54, 1.807) is 0 Å². The summed E-state index contributed by atoms with van der Waals surface area (Å²) >= 11 is 0. The van der Waals surface area contributed by atoms with Gasteiger partial charge in [0.05, 0.1) is 0 Å². The van der Waals surface area contributed by atoms with E-state index in [1.807, 2.05) is 0 Å². The molecule has 0 aliphatic carbocycles. The van der Waals surface area contributed by atoms with Crippen molar-refractivity contribution in [1.29, 1.82) is 0 Å². The minimum absolute atomic E-state index is 1.20. The van der Waals surface area contributed by atoms with E-state index < -0.39 is 0 Å². The van der Waals surface area contributed by atoms with Crippen LogP contribution in [0.25, 0.3) is 143 Å². The number of rotatable bonds is 8. The molecule has 14 rings (SSSR count). The highest BCUT2D eigenvalue weighted by Gasteiger charge is 2.20. The molecule has 0 radical (unpaired) electrons. The number of fused-ring (bicyclic) bond motifs is 5. The van der Waals surface area contributed by atoms with Gasteiger partial charge in [0, 0.05) is 0 Å². The maximum Gasteiger partial charge on any atom is -0.00262 e. The monoisotopic (exact) mass is 936 g/mol. The molecule has 14 aromatic rings. The summed E-state index contributed by atoms with van der Waals surface area (Å²) in [5, 5.41) is 12.5. The van der Waals surface area contributed by atoms with Crippen LogP contribution in [0.1, 0.15) is 0 Å². The van der Waals surface area contributed by atoms with Gasteiger partial charge in [0.15, 0.2) is 0 Å². The Morgan fingerprint density at radius 1 is 0.122 bits per heavy atom. The Morgan fingerprint density at radius 2 is 0.351 bits per heavy atom. The van der Waals surface area contributed by atoms with E-state index in [0.717, 1.165) is 0 Å². The summed E-state index contributed by atoms with van der Waals surface area (Å²) in [5.41, 5.74) is 19.7. The van der Waals surface area contributed by atoms with Crippen molar-refractivity contribution in [3.63, 3.8) is 0 Å². The van der Waals surface area contributed by atoms with E-state index in [0.29, 0.717) is 0 Å². The van der Waals surface area contributed by atoms with E-state index in [-0.39, 0.29) is 0 Å². The minimum Gasteiger partial charge on any atom is -0.0622 e. The van der Waals surface area contributed by atoms with E-state index in [2.05, 4.69) is 291 Å². The molecule has 344 valence electrons. The maximum atomic E-state index is 2.35. The topological polar surface area (TPSA) is 0 Å². The molecular weight excluding hydrogens is 889 g/mol. The van der Waals surface area contributed by atoms with Gasteiger partial charge in [-0.1, -0.05) is 279 Å². The predicted octanol–water partition coefficient (Wildman–Crippen LogP) is 20.8. The van der Waals surface area contributed by atoms with Crippen LogP contribution < -0.4 is 0 Å². The van der Waals surface area contributed by atoms with Crippen LogP contribution in [0.15, 0.2) is 291 Å². The summed E-state index contributed by atoms with van der Waals surface area (Å²) in [6.45, 7) is 0. The average molecular weight is 937 g/mol. The normalized spacial score (nSPS) is 11.5. The molecule has 0 aliphatic rings. The van der Waals surface area contributed by atoms with Gasteiger partial charge in [0.2, 0.25) is 0 Å². The van der Waals surface area contributed by atoms with Crippen LogP contribution in [0.5, 0.6) is 0 Å². The first-order valence-corrected chi connectivity index (χ1v) is 25.7. The molecule has 0 spiro atoms. The number of benzene rings is 14. The van der Waals surface area contributed by atoms with Crippen LogP contribution >= 0.6 is 0 Å². The molecule has 0 heterocycles. The smallest absolute Gasteiger partial charge is 0.00262 e. The molecule has 14 aromatic carbocycles. The summed E-state index contributed by atoms with van der Waals surface area (Å²) in [5.74, 6) is 0. The van der Waals surface area contributed by atoms with Crippen molar-refractivity contribution in [2.24, 2.45) is 0 Å². The Bertz CT molecular complexity index is 4030. The van der Waals surface area contributed by atoms with E-state index in [4.69, 9.17) is 0 Å². The summed E-state index contributed by atoms with van der Waals surface area (Å²) < 4.78 is 0. The van der Waals surface area contributed by atoms with Gasteiger partial charge in [-0.15, -0.1) is 0 Å². The standard InChI is InChI=1S/C74H48/c1-3-19-49(20-4-1)55-23-17-25-57(47-55)73-67-33-13-9-29-63(67)71(64-30-10-14-34-68(64)73)53-41-37-51(38-42-53)59-45-46-60(62-28-8-7-27-61(59)62)52-39-43-54(44-40-52)72-65-31-11-15-35-69(65)74(70-36-16-12-32-66(70)72)58-26-18-24-56(48-58)50-21-5-2-6-22-50/h1-48H. The Morgan fingerprint density at radius 3 is 0.662 bits per heavy atom. The lowest BCUT2D eigenvalue weighted by molar-refractivity contribution is 1.60. The van der Waals surface area contributed by atoms with Gasteiger partial charge in [0.25, 0.3) is 0 Å². The van der Waals surface area contributed by atoms with Gasteiger partial charge >= 0.3 is 0 Å². The summed E-state index contributed by atoms with van der Waals surface area (Å²) in [7, 11) is 0. The molecular formula is C74H48. The Hall–Kier alpha value is -9.62. The first-order chi connectivity index (χ1) is 36.7. The third-order valence-electron chi connectivity index (χ3n) is 15.3. The Labute approximate surface area is 431 Å². The molecule has 0 amide bonds. The second-order valence-electron chi connectivity index (χ2n) is 19.4. The summed E-state index contributed by atoms with van der Waals surface area (Å²) in [4.78, 5) is 0. The lowest BCUT2D eigenvalue weighted by Gasteiger charge is -2.19. The van der Waals surface area contributed by atoms with Crippen molar-refractivity contribution >= 4 is 53.9 Å². The zero-order valence-corrected chi connectivity index (χ0v) is 40.7. The van der Waals surface area contributed by atoms with Crippen molar-refractivity contribution in [2.45, 2.75) is 0 Å². The third-order valence-corrected chi connectivity index (χ3v) is 15.3. The molecule has 0 unspecified atom stereocenters. The second kappa shape index (κ2) is 18.2. The highest BCUT2D eigenvalue weighted by molar-refractivity contribution is 6.23. The average Bonchev–Trinajstić information content (AvgIpc) is 3.48. The zero-order chi connectivity index (χ0) is 49.0. The fourth-order valence-corrected chi connectivity index (χ4v) is 11.9. The van der Waals surface area contributed by atoms with Crippen LogP contribution in [0.4, 0.5) is 0 Å². The molecule has 0 aliphatic heterocycles. The van der Waals surface area contributed by atoms with Gasteiger partial charge in [-0.3, -0.25) is 0 Å². The van der Waals surface area contributed by atoms with Crippen molar-refractivity contribution in [2.75, 3.05) is 0 Å². The van der Waals surface area contributed by atoms with E-state index in [9.17, 15) is 0 Å². The maximum absolute atomic E-state index is 2.35. The summed E-state index contributed by atoms with van der Waals surface area (Å²) in [6.07, 6.45) is 0. The van der Waals surface area contributed by atoms with Crippen LogP contribution in [-0.2, 0) is 0 Å². The molecule has 74 heavy (non-hydrogen) atoms. The highest BCUT2D eigenvalue weighted by Crippen LogP contribution is 2.47. The zero-order valence-electron chi connectivity index (χ0n) is 40.7.